The summed E-state index contributed by atoms with van der Waals surface area (Å²) in [7, 11) is 0. The Bertz CT molecular complexity index is 352. The first-order valence-corrected chi connectivity index (χ1v) is 4.77. The number of carbonyl (C=O) groups is 1. The molecule has 1 fully saturated rings. The number of hydrogen-bond acceptors (Lipinski definition) is 1. The third kappa shape index (κ3) is 1.58. The third-order valence-electron chi connectivity index (χ3n) is 2.72. The number of nitrogens with one attached hydrogen (secondary N) is 1. The summed E-state index contributed by atoms with van der Waals surface area (Å²) >= 11 is 0. The monoisotopic (exact) mass is 190 g/mol. The van der Waals surface area contributed by atoms with Crippen molar-refractivity contribution in [1.29, 1.82) is 0 Å². The van der Waals surface area contributed by atoms with Crippen LogP contribution in [0, 0.1) is 6.92 Å². The Morgan fingerprint density at radius 2 is 1.93 bits per heavy atom. The SMILES string of the molecule is Cc1ccc(C2(NC(N)=O)CC2)cc1. The minimum atomic E-state index is -0.442. The zero-order valence-corrected chi connectivity index (χ0v) is 8.21. The summed E-state index contributed by atoms with van der Waals surface area (Å²) in [5.74, 6) is 0. The van der Waals surface area contributed by atoms with Crippen LogP contribution in [-0.2, 0) is 5.54 Å². The topological polar surface area (TPSA) is 55.1 Å². The van der Waals surface area contributed by atoms with Crippen molar-refractivity contribution in [2.45, 2.75) is 25.3 Å². The predicted octanol–water partition coefficient (Wildman–Crippen LogP) is 1.65. The van der Waals surface area contributed by atoms with Crippen molar-refractivity contribution in [1.82, 2.24) is 5.32 Å². The lowest BCUT2D eigenvalue weighted by Gasteiger charge is -2.16. The molecule has 3 nitrogen and oxygen atoms in total. The van der Waals surface area contributed by atoms with Crippen LogP contribution < -0.4 is 11.1 Å². The van der Waals surface area contributed by atoms with E-state index in [1.54, 1.807) is 0 Å². The minimum Gasteiger partial charge on any atom is -0.352 e. The number of hydrogen-bond donors (Lipinski definition) is 2. The molecule has 2 amide bonds. The van der Waals surface area contributed by atoms with Gasteiger partial charge in [-0.3, -0.25) is 0 Å². The molecule has 74 valence electrons. The maximum absolute atomic E-state index is 10.8. The van der Waals surface area contributed by atoms with E-state index in [0.29, 0.717) is 0 Å². The van der Waals surface area contributed by atoms with Crippen LogP contribution in [0.5, 0.6) is 0 Å². The molecule has 2 rings (SSSR count). The summed E-state index contributed by atoms with van der Waals surface area (Å²) in [5.41, 5.74) is 7.35. The zero-order chi connectivity index (χ0) is 10.2. The van der Waals surface area contributed by atoms with E-state index in [1.807, 2.05) is 6.92 Å². The molecule has 0 aliphatic heterocycles. The fourth-order valence-electron chi connectivity index (χ4n) is 1.72. The normalized spacial score (nSPS) is 17.5. The molecule has 0 saturated heterocycles. The van der Waals surface area contributed by atoms with Crippen molar-refractivity contribution in [3.63, 3.8) is 0 Å². The molecular formula is C11H14N2O. The summed E-state index contributed by atoms with van der Waals surface area (Å²) in [4.78, 5) is 10.8. The molecule has 3 N–H and O–H groups in total. The molecule has 0 atom stereocenters. The Kier molecular flexibility index (Phi) is 1.95. The second kappa shape index (κ2) is 3.01. The number of urea groups is 1. The molecule has 1 aromatic carbocycles. The number of aryl methyl sites for hydroxylation is 1. The van der Waals surface area contributed by atoms with Gasteiger partial charge >= 0.3 is 6.03 Å². The number of primary amides is 1. The second-order valence-electron chi connectivity index (χ2n) is 3.94. The van der Waals surface area contributed by atoms with Crippen LogP contribution in [-0.4, -0.2) is 6.03 Å². The Morgan fingerprint density at radius 1 is 1.36 bits per heavy atom. The standard InChI is InChI=1S/C11H14N2O/c1-8-2-4-9(5-3-8)11(6-7-11)13-10(12)14/h2-5H,6-7H2,1H3,(H3,12,13,14). The third-order valence-corrected chi connectivity index (χ3v) is 2.72. The molecule has 0 spiro atoms. The van der Waals surface area contributed by atoms with E-state index in [4.69, 9.17) is 5.73 Å². The molecule has 1 aromatic rings. The highest BCUT2D eigenvalue weighted by Crippen LogP contribution is 2.45. The average molecular weight is 190 g/mol. The lowest BCUT2D eigenvalue weighted by molar-refractivity contribution is 0.244. The summed E-state index contributed by atoms with van der Waals surface area (Å²) in [6.07, 6.45) is 1.97. The van der Waals surface area contributed by atoms with Crippen molar-refractivity contribution in [2.24, 2.45) is 5.73 Å². The minimum absolute atomic E-state index is 0.167. The predicted molar refractivity (Wildman–Crippen MR) is 54.8 cm³/mol. The highest BCUT2D eigenvalue weighted by Gasteiger charge is 2.45. The lowest BCUT2D eigenvalue weighted by atomic mass is 10.0. The lowest BCUT2D eigenvalue weighted by Crippen LogP contribution is -2.38. The van der Waals surface area contributed by atoms with Gasteiger partial charge in [0.2, 0.25) is 0 Å². The van der Waals surface area contributed by atoms with Crippen molar-refractivity contribution in [3.8, 4) is 0 Å². The first kappa shape index (κ1) is 9.06. The molecule has 14 heavy (non-hydrogen) atoms. The first-order valence-electron chi connectivity index (χ1n) is 4.77. The summed E-state index contributed by atoms with van der Waals surface area (Å²) in [6, 6.07) is 7.77. The number of nitrogens with two attached hydrogens (primary N) is 1. The van der Waals surface area contributed by atoms with Gasteiger partial charge in [-0.2, -0.15) is 0 Å². The zero-order valence-electron chi connectivity index (χ0n) is 8.21. The van der Waals surface area contributed by atoms with Gasteiger partial charge in [-0.25, -0.2) is 4.79 Å². The molecule has 0 radical (unpaired) electrons. The molecule has 0 aromatic heterocycles. The number of benzene rings is 1. The Labute approximate surface area is 83.3 Å². The Hall–Kier alpha value is -1.51. The van der Waals surface area contributed by atoms with Crippen LogP contribution in [0.25, 0.3) is 0 Å². The fourth-order valence-corrected chi connectivity index (χ4v) is 1.72. The van der Waals surface area contributed by atoms with E-state index >= 15 is 0 Å². The van der Waals surface area contributed by atoms with Gasteiger partial charge in [-0.15, -0.1) is 0 Å². The average Bonchev–Trinajstić information content (AvgIpc) is 2.85. The van der Waals surface area contributed by atoms with Gasteiger partial charge in [0, 0.05) is 0 Å². The molecule has 0 unspecified atom stereocenters. The van der Waals surface area contributed by atoms with Crippen LogP contribution >= 0.6 is 0 Å². The van der Waals surface area contributed by atoms with E-state index in [2.05, 4.69) is 29.6 Å². The van der Waals surface area contributed by atoms with E-state index < -0.39 is 6.03 Å². The summed E-state index contributed by atoms with van der Waals surface area (Å²) in [6.45, 7) is 2.05. The van der Waals surface area contributed by atoms with Crippen molar-refractivity contribution >= 4 is 6.03 Å². The second-order valence-corrected chi connectivity index (χ2v) is 3.94. The van der Waals surface area contributed by atoms with E-state index in [9.17, 15) is 4.79 Å². The highest BCUT2D eigenvalue weighted by molar-refractivity contribution is 5.73. The fraction of sp³-hybridized carbons (Fsp3) is 0.364. The van der Waals surface area contributed by atoms with Crippen molar-refractivity contribution < 1.29 is 4.79 Å². The van der Waals surface area contributed by atoms with Crippen LogP contribution in [0.1, 0.15) is 24.0 Å². The smallest absolute Gasteiger partial charge is 0.312 e. The number of amides is 2. The van der Waals surface area contributed by atoms with Crippen LogP contribution in [0.3, 0.4) is 0 Å². The van der Waals surface area contributed by atoms with Gasteiger partial charge in [-0.1, -0.05) is 29.8 Å². The first-order chi connectivity index (χ1) is 6.62. The Balaban J connectivity index is 2.22. The Morgan fingerprint density at radius 3 is 2.36 bits per heavy atom. The quantitative estimate of drug-likeness (QED) is 0.732. The molecule has 0 bridgehead atoms. The highest BCUT2D eigenvalue weighted by atomic mass is 16.2. The maximum Gasteiger partial charge on any atom is 0.312 e. The van der Waals surface area contributed by atoms with Gasteiger partial charge in [0.05, 0.1) is 5.54 Å². The van der Waals surface area contributed by atoms with E-state index in [0.717, 1.165) is 18.4 Å². The van der Waals surface area contributed by atoms with E-state index in [1.165, 1.54) is 5.56 Å². The van der Waals surface area contributed by atoms with Crippen molar-refractivity contribution in [3.05, 3.63) is 35.4 Å². The summed E-state index contributed by atoms with van der Waals surface area (Å²) < 4.78 is 0. The van der Waals surface area contributed by atoms with Gasteiger partial charge < -0.3 is 11.1 Å². The van der Waals surface area contributed by atoms with Crippen LogP contribution in [0.4, 0.5) is 4.79 Å². The maximum atomic E-state index is 10.8. The van der Waals surface area contributed by atoms with Crippen LogP contribution in [0.2, 0.25) is 0 Å². The van der Waals surface area contributed by atoms with Crippen LogP contribution in [0.15, 0.2) is 24.3 Å². The van der Waals surface area contributed by atoms with Gasteiger partial charge in [0.1, 0.15) is 0 Å². The molecule has 1 aliphatic rings. The largest absolute Gasteiger partial charge is 0.352 e. The molecule has 1 aliphatic carbocycles. The number of carbonyl (C=O) groups excluding carboxylic acids is 1. The van der Waals surface area contributed by atoms with Gasteiger partial charge in [0.25, 0.3) is 0 Å². The van der Waals surface area contributed by atoms with Gasteiger partial charge in [-0.05, 0) is 25.3 Å². The van der Waals surface area contributed by atoms with E-state index in [-0.39, 0.29) is 5.54 Å². The molecular weight excluding hydrogens is 176 g/mol. The molecule has 1 saturated carbocycles. The number of rotatable bonds is 2. The summed E-state index contributed by atoms with van der Waals surface area (Å²) in [5, 5.41) is 2.80. The molecule has 0 heterocycles. The van der Waals surface area contributed by atoms with Crippen molar-refractivity contribution in [2.75, 3.05) is 0 Å². The van der Waals surface area contributed by atoms with Gasteiger partial charge in [0.15, 0.2) is 0 Å². The molecule has 3 heteroatoms.